The van der Waals surface area contributed by atoms with Crippen LogP contribution in [-0.2, 0) is 11.3 Å². The first kappa shape index (κ1) is 13.7. The second-order valence-electron chi connectivity index (χ2n) is 6.67. The largest absolute Gasteiger partial charge is 0.353 e. The van der Waals surface area contributed by atoms with Crippen molar-refractivity contribution in [3.05, 3.63) is 18.0 Å². The van der Waals surface area contributed by atoms with Crippen molar-refractivity contribution in [2.75, 3.05) is 0 Å². The molecule has 20 heavy (non-hydrogen) atoms. The number of rotatable bonds is 5. The fourth-order valence-corrected chi connectivity index (χ4v) is 4.14. The number of carbonyl (C=O) groups excluding carboxylic acids is 1. The van der Waals surface area contributed by atoms with E-state index < -0.39 is 0 Å². The zero-order chi connectivity index (χ0) is 14.1. The van der Waals surface area contributed by atoms with Crippen LogP contribution in [0.3, 0.4) is 0 Å². The molecule has 1 aromatic rings. The van der Waals surface area contributed by atoms with Gasteiger partial charge in [0.1, 0.15) is 0 Å². The topological polar surface area (TPSA) is 46.9 Å². The van der Waals surface area contributed by atoms with Crippen LogP contribution in [0.15, 0.2) is 12.3 Å². The van der Waals surface area contributed by atoms with Crippen molar-refractivity contribution >= 4 is 5.91 Å². The van der Waals surface area contributed by atoms with Gasteiger partial charge in [-0.25, -0.2) is 0 Å². The molecule has 2 saturated carbocycles. The minimum absolute atomic E-state index is 0.161. The molecular weight excluding hydrogens is 250 g/mol. The Kier molecular flexibility index (Phi) is 3.81. The molecule has 1 heterocycles. The van der Waals surface area contributed by atoms with Crippen LogP contribution in [0.25, 0.3) is 0 Å². The van der Waals surface area contributed by atoms with Gasteiger partial charge in [-0.05, 0) is 56.9 Å². The number of fused-ring (bicyclic) bond motifs is 2. The normalized spacial score (nSPS) is 29.6. The predicted molar refractivity (Wildman–Crippen MR) is 78.1 cm³/mol. The Balaban J connectivity index is 1.44. The summed E-state index contributed by atoms with van der Waals surface area (Å²) in [6.45, 7) is 4.82. The zero-order valence-corrected chi connectivity index (χ0v) is 12.5. The maximum Gasteiger partial charge on any atom is 0.222 e. The van der Waals surface area contributed by atoms with Crippen LogP contribution in [0.2, 0.25) is 0 Å². The van der Waals surface area contributed by atoms with Gasteiger partial charge in [0.2, 0.25) is 5.91 Å². The molecule has 0 saturated heterocycles. The van der Waals surface area contributed by atoms with Gasteiger partial charge in [0.05, 0.1) is 5.69 Å². The van der Waals surface area contributed by atoms with Gasteiger partial charge in [-0.2, -0.15) is 5.10 Å². The van der Waals surface area contributed by atoms with E-state index in [0.29, 0.717) is 24.9 Å². The molecule has 4 nitrogen and oxygen atoms in total. The minimum atomic E-state index is 0.161. The maximum atomic E-state index is 12.0. The third kappa shape index (κ3) is 2.89. The van der Waals surface area contributed by atoms with Crippen LogP contribution in [0.1, 0.15) is 44.7 Å². The van der Waals surface area contributed by atoms with Crippen molar-refractivity contribution in [2.45, 2.75) is 58.5 Å². The smallest absolute Gasteiger partial charge is 0.222 e. The summed E-state index contributed by atoms with van der Waals surface area (Å²) in [4.78, 5) is 12.0. The second kappa shape index (κ2) is 5.58. The first-order valence-corrected chi connectivity index (χ1v) is 7.91. The van der Waals surface area contributed by atoms with Crippen molar-refractivity contribution in [1.82, 2.24) is 15.1 Å². The van der Waals surface area contributed by atoms with Crippen molar-refractivity contribution < 1.29 is 4.79 Å². The SMILES string of the molecule is Cc1ccn(CCC(=O)NC(C)C2CC3CCC2C3)n1. The van der Waals surface area contributed by atoms with Gasteiger partial charge >= 0.3 is 0 Å². The van der Waals surface area contributed by atoms with Gasteiger partial charge in [-0.1, -0.05) is 6.42 Å². The summed E-state index contributed by atoms with van der Waals surface area (Å²) < 4.78 is 1.84. The number of aryl methyl sites for hydroxylation is 2. The Labute approximate surface area is 120 Å². The molecule has 0 spiro atoms. The van der Waals surface area contributed by atoms with E-state index in [1.807, 2.05) is 23.9 Å². The number of amides is 1. The summed E-state index contributed by atoms with van der Waals surface area (Å²) in [5, 5.41) is 7.51. The van der Waals surface area contributed by atoms with Crippen LogP contribution >= 0.6 is 0 Å². The zero-order valence-electron chi connectivity index (χ0n) is 12.5. The molecule has 1 amide bonds. The Morgan fingerprint density at radius 1 is 1.50 bits per heavy atom. The van der Waals surface area contributed by atoms with E-state index in [-0.39, 0.29) is 5.91 Å². The van der Waals surface area contributed by atoms with Gasteiger partial charge in [-0.15, -0.1) is 0 Å². The molecule has 0 aliphatic heterocycles. The summed E-state index contributed by atoms with van der Waals surface area (Å²) in [6, 6.07) is 2.30. The summed E-state index contributed by atoms with van der Waals surface area (Å²) in [5.41, 5.74) is 1.00. The van der Waals surface area contributed by atoms with Crippen LogP contribution in [-0.4, -0.2) is 21.7 Å². The van der Waals surface area contributed by atoms with E-state index in [9.17, 15) is 4.79 Å². The van der Waals surface area contributed by atoms with E-state index in [0.717, 1.165) is 17.5 Å². The van der Waals surface area contributed by atoms with E-state index in [1.165, 1.54) is 25.7 Å². The molecule has 0 radical (unpaired) electrons. The number of hydrogen-bond donors (Lipinski definition) is 1. The minimum Gasteiger partial charge on any atom is -0.353 e. The molecule has 2 bridgehead atoms. The van der Waals surface area contributed by atoms with Crippen molar-refractivity contribution in [3.8, 4) is 0 Å². The standard InChI is InChI=1S/C16H25N3O/c1-11-5-7-19(18-11)8-6-16(20)17-12(2)15-10-13-3-4-14(15)9-13/h5,7,12-15H,3-4,6,8-10H2,1-2H3,(H,17,20). The van der Waals surface area contributed by atoms with Gasteiger partial charge in [0.25, 0.3) is 0 Å². The highest BCUT2D eigenvalue weighted by Crippen LogP contribution is 2.49. The molecular formula is C16H25N3O. The second-order valence-corrected chi connectivity index (χ2v) is 6.67. The highest BCUT2D eigenvalue weighted by molar-refractivity contribution is 5.76. The molecule has 2 aliphatic carbocycles. The molecule has 0 aromatic carbocycles. The highest BCUT2D eigenvalue weighted by atomic mass is 16.1. The molecule has 3 rings (SSSR count). The summed E-state index contributed by atoms with van der Waals surface area (Å²) in [5.74, 6) is 2.68. The third-order valence-electron chi connectivity index (χ3n) is 5.17. The lowest BCUT2D eigenvalue weighted by Crippen LogP contribution is -2.40. The number of carbonyl (C=O) groups is 1. The first-order valence-electron chi connectivity index (χ1n) is 7.91. The van der Waals surface area contributed by atoms with E-state index >= 15 is 0 Å². The highest BCUT2D eigenvalue weighted by Gasteiger charge is 2.41. The molecule has 4 heteroatoms. The average molecular weight is 275 g/mol. The first-order chi connectivity index (χ1) is 9.61. The van der Waals surface area contributed by atoms with Gasteiger partial charge in [-0.3, -0.25) is 9.48 Å². The summed E-state index contributed by atoms with van der Waals surface area (Å²) in [6.07, 6.45) is 7.97. The quantitative estimate of drug-likeness (QED) is 0.897. The van der Waals surface area contributed by atoms with Crippen molar-refractivity contribution in [1.29, 1.82) is 0 Å². The Morgan fingerprint density at radius 2 is 2.35 bits per heavy atom. The Bertz CT molecular complexity index is 482. The molecule has 1 N–H and O–H groups in total. The fraction of sp³-hybridized carbons (Fsp3) is 0.750. The third-order valence-corrected chi connectivity index (χ3v) is 5.17. The Morgan fingerprint density at radius 3 is 2.95 bits per heavy atom. The van der Waals surface area contributed by atoms with Gasteiger partial charge in [0.15, 0.2) is 0 Å². The molecule has 2 fully saturated rings. The monoisotopic (exact) mass is 275 g/mol. The van der Waals surface area contributed by atoms with E-state index in [2.05, 4.69) is 17.3 Å². The lowest BCUT2D eigenvalue weighted by molar-refractivity contribution is -0.122. The number of hydrogen-bond acceptors (Lipinski definition) is 2. The molecule has 1 aromatic heterocycles. The van der Waals surface area contributed by atoms with Gasteiger partial charge in [0, 0.05) is 25.2 Å². The van der Waals surface area contributed by atoms with Crippen LogP contribution in [0.4, 0.5) is 0 Å². The average Bonchev–Trinajstić information content (AvgIpc) is 3.12. The summed E-state index contributed by atoms with van der Waals surface area (Å²) >= 11 is 0. The predicted octanol–water partition coefficient (Wildman–Crippen LogP) is 2.52. The van der Waals surface area contributed by atoms with Crippen molar-refractivity contribution in [2.24, 2.45) is 17.8 Å². The van der Waals surface area contributed by atoms with Crippen LogP contribution in [0, 0.1) is 24.7 Å². The van der Waals surface area contributed by atoms with Crippen molar-refractivity contribution in [3.63, 3.8) is 0 Å². The van der Waals surface area contributed by atoms with E-state index in [4.69, 9.17) is 0 Å². The van der Waals surface area contributed by atoms with Crippen LogP contribution < -0.4 is 5.32 Å². The number of aromatic nitrogens is 2. The fourth-order valence-electron chi connectivity index (χ4n) is 4.14. The molecule has 4 unspecified atom stereocenters. The maximum absolute atomic E-state index is 12.0. The summed E-state index contributed by atoms with van der Waals surface area (Å²) in [7, 11) is 0. The number of nitrogens with zero attached hydrogens (tertiary/aromatic N) is 2. The lowest BCUT2D eigenvalue weighted by Gasteiger charge is -2.28. The van der Waals surface area contributed by atoms with Crippen LogP contribution in [0.5, 0.6) is 0 Å². The van der Waals surface area contributed by atoms with Gasteiger partial charge < -0.3 is 5.32 Å². The number of nitrogens with one attached hydrogen (secondary N) is 1. The molecule has 2 aliphatic rings. The lowest BCUT2D eigenvalue weighted by atomic mass is 9.84. The molecule has 4 atom stereocenters. The Hall–Kier alpha value is -1.32. The molecule has 110 valence electrons. The van der Waals surface area contributed by atoms with E-state index in [1.54, 1.807) is 0 Å².